The van der Waals surface area contributed by atoms with Crippen molar-refractivity contribution in [3.63, 3.8) is 0 Å². The molecule has 0 N–H and O–H groups in total. The number of hydrogen-bond acceptors (Lipinski definition) is 2. The largest absolute Gasteiger partial charge is 0.456 e. The molecule has 0 saturated carbocycles. The number of benzene rings is 5. The van der Waals surface area contributed by atoms with Crippen LogP contribution in [0, 0.1) is 0 Å². The predicted molar refractivity (Wildman–Crippen MR) is 141 cm³/mol. The van der Waals surface area contributed by atoms with Gasteiger partial charge >= 0.3 is 0 Å². The van der Waals surface area contributed by atoms with E-state index in [1.807, 2.05) is 23.5 Å². The van der Waals surface area contributed by atoms with Gasteiger partial charge in [-0.15, -0.1) is 11.3 Å². The zero-order valence-electron chi connectivity index (χ0n) is 17.6. The first-order valence-corrected chi connectivity index (χ1v) is 11.9. The van der Waals surface area contributed by atoms with E-state index in [9.17, 15) is 0 Å². The Morgan fingerprint density at radius 2 is 1.24 bits per heavy atom. The number of thiophene rings is 1. The summed E-state index contributed by atoms with van der Waals surface area (Å²) >= 11 is 1.86. The first kappa shape index (κ1) is 17.5. The Morgan fingerprint density at radius 1 is 0.485 bits per heavy atom. The van der Waals surface area contributed by atoms with Gasteiger partial charge in [0.1, 0.15) is 11.2 Å². The molecular weight excluding hydrogens is 422 g/mol. The number of nitrogens with zero attached hydrogens (tertiary/aromatic N) is 1. The Morgan fingerprint density at radius 3 is 2.18 bits per heavy atom. The molecule has 0 atom stereocenters. The van der Waals surface area contributed by atoms with Gasteiger partial charge in [-0.25, -0.2) is 0 Å². The lowest BCUT2D eigenvalue weighted by atomic mass is 10.1. The third-order valence-corrected chi connectivity index (χ3v) is 7.93. The fourth-order valence-corrected chi connectivity index (χ4v) is 6.46. The molecule has 0 bridgehead atoms. The highest BCUT2D eigenvalue weighted by Gasteiger charge is 2.16. The highest BCUT2D eigenvalue weighted by atomic mass is 32.1. The van der Waals surface area contributed by atoms with Crippen molar-refractivity contribution in [2.75, 3.05) is 0 Å². The predicted octanol–water partition coefficient (Wildman–Crippen LogP) is 9.05. The van der Waals surface area contributed by atoms with Crippen LogP contribution in [0.15, 0.2) is 108 Å². The number of furan rings is 1. The van der Waals surface area contributed by atoms with Gasteiger partial charge in [0.05, 0.1) is 11.0 Å². The van der Waals surface area contributed by atoms with E-state index in [1.54, 1.807) is 0 Å². The van der Waals surface area contributed by atoms with Gasteiger partial charge in [-0.1, -0.05) is 60.7 Å². The summed E-state index contributed by atoms with van der Waals surface area (Å²) in [4.78, 5) is 0. The normalized spacial score (nSPS) is 12.2. The minimum absolute atomic E-state index is 0.927. The van der Waals surface area contributed by atoms with Gasteiger partial charge in [0.15, 0.2) is 0 Å². The molecule has 0 spiro atoms. The summed E-state index contributed by atoms with van der Waals surface area (Å²) in [6, 6.07) is 37.0. The van der Waals surface area contributed by atoms with E-state index in [1.165, 1.54) is 53.1 Å². The molecule has 33 heavy (non-hydrogen) atoms. The molecule has 8 aromatic rings. The highest BCUT2D eigenvalue weighted by molar-refractivity contribution is 7.25. The summed E-state index contributed by atoms with van der Waals surface area (Å²) in [5.41, 5.74) is 5.42. The average Bonchev–Trinajstić information content (AvgIpc) is 3.51. The topological polar surface area (TPSA) is 18.1 Å². The lowest BCUT2D eigenvalue weighted by Gasteiger charge is -2.08. The molecule has 0 amide bonds. The van der Waals surface area contributed by atoms with Crippen LogP contribution in [0.25, 0.3) is 69.6 Å². The number of para-hydroxylation sites is 2. The summed E-state index contributed by atoms with van der Waals surface area (Å²) in [6.07, 6.45) is 0. The third-order valence-electron chi connectivity index (χ3n) is 6.79. The first-order valence-electron chi connectivity index (χ1n) is 11.1. The smallest absolute Gasteiger partial charge is 0.137 e. The van der Waals surface area contributed by atoms with Crippen LogP contribution < -0.4 is 0 Å². The molecule has 0 saturated heterocycles. The summed E-state index contributed by atoms with van der Waals surface area (Å²) < 4.78 is 11.3. The summed E-state index contributed by atoms with van der Waals surface area (Å²) in [6.45, 7) is 0. The van der Waals surface area contributed by atoms with Crippen molar-refractivity contribution in [1.82, 2.24) is 4.57 Å². The molecule has 0 aliphatic rings. The maximum atomic E-state index is 6.25. The minimum atomic E-state index is 0.927. The van der Waals surface area contributed by atoms with Crippen molar-refractivity contribution in [3.05, 3.63) is 103 Å². The van der Waals surface area contributed by atoms with E-state index in [4.69, 9.17) is 4.42 Å². The molecule has 8 rings (SSSR count). The van der Waals surface area contributed by atoms with Gasteiger partial charge in [0.2, 0.25) is 0 Å². The first-order chi connectivity index (χ1) is 16.3. The quantitative estimate of drug-likeness (QED) is 0.249. The van der Waals surface area contributed by atoms with Crippen molar-refractivity contribution in [2.45, 2.75) is 0 Å². The summed E-state index contributed by atoms with van der Waals surface area (Å²) in [7, 11) is 0. The second kappa shape index (κ2) is 6.25. The van der Waals surface area contributed by atoms with Gasteiger partial charge in [0, 0.05) is 53.5 Å². The third kappa shape index (κ3) is 2.32. The molecule has 2 nitrogen and oxygen atoms in total. The maximum Gasteiger partial charge on any atom is 0.137 e. The monoisotopic (exact) mass is 439 g/mol. The molecule has 0 unspecified atom stereocenters. The molecule has 5 aromatic carbocycles. The molecule has 3 aromatic heterocycles. The van der Waals surface area contributed by atoms with Crippen LogP contribution in [0.2, 0.25) is 0 Å². The van der Waals surface area contributed by atoms with Gasteiger partial charge in [-0.3, -0.25) is 0 Å². The van der Waals surface area contributed by atoms with Crippen LogP contribution in [0.5, 0.6) is 0 Å². The zero-order chi connectivity index (χ0) is 21.5. The van der Waals surface area contributed by atoms with E-state index in [0.717, 1.165) is 16.6 Å². The summed E-state index contributed by atoms with van der Waals surface area (Å²) in [5.74, 6) is 0. The van der Waals surface area contributed by atoms with Gasteiger partial charge in [-0.2, -0.15) is 0 Å². The maximum absolute atomic E-state index is 6.25. The lowest BCUT2D eigenvalue weighted by Crippen LogP contribution is -1.93. The van der Waals surface area contributed by atoms with E-state index >= 15 is 0 Å². The zero-order valence-corrected chi connectivity index (χ0v) is 18.4. The van der Waals surface area contributed by atoms with E-state index < -0.39 is 0 Å². The fourth-order valence-electron chi connectivity index (χ4n) is 5.32. The minimum Gasteiger partial charge on any atom is -0.456 e. The van der Waals surface area contributed by atoms with Gasteiger partial charge in [-0.05, 0) is 36.4 Å². The molecule has 3 heterocycles. The average molecular weight is 440 g/mol. The Bertz CT molecular complexity index is 2040. The number of rotatable bonds is 1. The van der Waals surface area contributed by atoms with Crippen molar-refractivity contribution in [2.24, 2.45) is 0 Å². The number of fused-ring (bicyclic) bond motifs is 9. The Balaban J connectivity index is 1.50. The molecule has 154 valence electrons. The van der Waals surface area contributed by atoms with Gasteiger partial charge < -0.3 is 8.98 Å². The molecule has 0 fully saturated rings. The van der Waals surface area contributed by atoms with E-state index in [0.29, 0.717) is 0 Å². The van der Waals surface area contributed by atoms with E-state index in [-0.39, 0.29) is 0 Å². The van der Waals surface area contributed by atoms with Crippen molar-refractivity contribution in [3.8, 4) is 5.69 Å². The number of hydrogen-bond donors (Lipinski definition) is 0. The second-order valence-corrected chi connectivity index (χ2v) is 9.68. The molecule has 3 heteroatoms. The Labute approximate surface area is 192 Å². The lowest BCUT2D eigenvalue weighted by molar-refractivity contribution is 0.669. The van der Waals surface area contributed by atoms with E-state index in [2.05, 4.69) is 95.6 Å². The molecule has 0 aliphatic carbocycles. The van der Waals surface area contributed by atoms with Crippen LogP contribution in [0.4, 0.5) is 0 Å². The van der Waals surface area contributed by atoms with Crippen LogP contribution in [0.1, 0.15) is 0 Å². The second-order valence-electron chi connectivity index (χ2n) is 8.59. The molecular formula is C30H17NOS. The molecule has 0 aliphatic heterocycles. The Hall–Kier alpha value is -4.08. The van der Waals surface area contributed by atoms with Crippen molar-refractivity contribution >= 4 is 75.3 Å². The van der Waals surface area contributed by atoms with Crippen LogP contribution in [0.3, 0.4) is 0 Å². The Kier molecular flexibility index (Phi) is 3.31. The number of aromatic nitrogens is 1. The highest BCUT2D eigenvalue weighted by Crippen LogP contribution is 2.40. The fraction of sp³-hybridized carbons (Fsp3) is 0. The van der Waals surface area contributed by atoms with Crippen LogP contribution in [-0.2, 0) is 0 Å². The van der Waals surface area contributed by atoms with Crippen molar-refractivity contribution in [1.29, 1.82) is 0 Å². The van der Waals surface area contributed by atoms with Gasteiger partial charge in [0.25, 0.3) is 0 Å². The van der Waals surface area contributed by atoms with Crippen LogP contribution >= 0.6 is 11.3 Å². The molecule has 0 radical (unpaired) electrons. The van der Waals surface area contributed by atoms with Crippen LogP contribution in [-0.4, -0.2) is 4.57 Å². The van der Waals surface area contributed by atoms with Crippen molar-refractivity contribution < 1.29 is 4.42 Å². The SMILES string of the molecule is c1ccc2c(c1)oc1cc3c(cc12)c1ccccc1n3-c1ccc2c(c1)sc1ccccc12. The standard InChI is InChI=1S/C30H17NOS/c1-4-10-25-19(7-1)23-16-24-20-8-2-5-11-27(20)32-28(24)17-26(23)31(25)18-13-14-22-21-9-3-6-12-29(21)33-30(22)15-18/h1-17H. The summed E-state index contributed by atoms with van der Waals surface area (Å²) in [5, 5.41) is 7.49.